The van der Waals surface area contributed by atoms with Crippen molar-refractivity contribution in [2.75, 3.05) is 13.1 Å². The molecule has 1 amide bonds. The molecular weight excluding hydrogens is 326 g/mol. The molecule has 0 saturated carbocycles. The Morgan fingerprint density at radius 2 is 2.31 bits per heavy atom. The number of nitrogens with one attached hydrogen (secondary N) is 1. The molecule has 1 fully saturated rings. The summed E-state index contributed by atoms with van der Waals surface area (Å²) >= 11 is 0. The van der Waals surface area contributed by atoms with Gasteiger partial charge in [-0.1, -0.05) is 6.92 Å². The fraction of sp³-hybridized carbons (Fsp3) is 0.450. The Labute approximate surface area is 153 Å². The summed E-state index contributed by atoms with van der Waals surface area (Å²) in [4.78, 5) is 22.8. The van der Waals surface area contributed by atoms with Crippen molar-refractivity contribution in [1.82, 2.24) is 24.6 Å². The van der Waals surface area contributed by atoms with Crippen LogP contribution >= 0.6 is 0 Å². The Bertz CT molecular complexity index is 892. The molecule has 3 aromatic rings. The van der Waals surface area contributed by atoms with E-state index in [1.165, 1.54) is 5.69 Å². The molecule has 1 N–H and O–H groups in total. The van der Waals surface area contributed by atoms with Crippen LogP contribution in [0.4, 0.5) is 0 Å². The van der Waals surface area contributed by atoms with Gasteiger partial charge in [-0.05, 0) is 44.4 Å². The van der Waals surface area contributed by atoms with Crippen molar-refractivity contribution in [2.45, 2.75) is 45.6 Å². The van der Waals surface area contributed by atoms with Gasteiger partial charge in [-0.15, -0.1) is 0 Å². The van der Waals surface area contributed by atoms with Crippen LogP contribution < -0.4 is 0 Å². The van der Waals surface area contributed by atoms with Gasteiger partial charge in [-0.25, -0.2) is 4.98 Å². The van der Waals surface area contributed by atoms with E-state index in [9.17, 15) is 4.79 Å². The highest BCUT2D eigenvalue weighted by Crippen LogP contribution is 2.29. The maximum atomic E-state index is 13.0. The van der Waals surface area contributed by atoms with Gasteiger partial charge in [0.1, 0.15) is 5.65 Å². The Hall–Kier alpha value is -2.63. The van der Waals surface area contributed by atoms with Crippen molar-refractivity contribution in [3.8, 4) is 0 Å². The number of carbonyl (C=O) groups is 1. The normalized spacial score (nSPS) is 17.8. The first-order valence-corrected chi connectivity index (χ1v) is 9.42. The number of likely N-dealkylation sites (tertiary alicyclic amines) is 1. The van der Waals surface area contributed by atoms with E-state index in [4.69, 9.17) is 0 Å². The molecule has 4 heterocycles. The molecule has 0 radical (unpaired) electrons. The van der Waals surface area contributed by atoms with Crippen LogP contribution in [0.25, 0.3) is 11.0 Å². The highest BCUT2D eigenvalue weighted by atomic mass is 16.2. The molecule has 1 saturated heterocycles. The molecule has 1 unspecified atom stereocenters. The third-order valence-corrected chi connectivity index (χ3v) is 5.33. The topological polar surface area (TPSA) is 66.8 Å². The van der Waals surface area contributed by atoms with Gasteiger partial charge < -0.3 is 9.88 Å². The maximum Gasteiger partial charge on any atom is 0.257 e. The number of rotatable bonds is 4. The van der Waals surface area contributed by atoms with Crippen LogP contribution in [0.15, 0.2) is 30.6 Å². The zero-order chi connectivity index (χ0) is 18.1. The number of H-pyrrole nitrogens is 1. The molecule has 6 nitrogen and oxygen atoms in total. The second-order valence-corrected chi connectivity index (χ2v) is 7.12. The number of aromatic amines is 1. The van der Waals surface area contributed by atoms with Crippen molar-refractivity contribution >= 4 is 16.9 Å². The molecule has 1 aliphatic heterocycles. The Morgan fingerprint density at radius 3 is 3.12 bits per heavy atom. The van der Waals surface area contributed by atoms with E-state index < -0.39 is 0 Å². The van der Waals surface area contributed by atoms with Crippen molar-refractivity contribution in [3.05, 3.63) is 47.5 Å². The van der Waals surface area contributed by atoms with Gasteiger partial charge in [0, 0.05) is 48.5 Å². The summed E-state index contributed by atoms with van der Waals surface area (Å²) in [7, 11) is 0. The average molecular weight is 351 g/mol. The Morgan fingerprint density at radius 1 is 1.42 bits per heavy atom. The standard InChI is InChI=1S/C20H25N5O/c1-3-9-25-14(2)17(12-22-25)20(26)24-10-5-7-16(13-24)18-11-15-6-4-8-21-19(15)23-18/h4,6,8,11-12,16H,3,5,7,9-10,13H2,1-2H3,(H,21,23). The van der Waals surface area contributed by atoms with E-state index in [1.807, 2.05) is 22.6 Å². The first-order valence-electron chi connectivity index (χ1n) is 9.42. The Balaban J connectivity index is 1.53. The van der Waals surface area contributed by atoms with E-state index in [0.29, 0.717) is 5.92 Å². The fourth-order valence-corrected chi connectivity index (χ4v) is 3.88. The molecule has 0 aromatic carbocycles. The number of hydrogen-bond donors (Lipinski definition) is 1. The maximum absolute atomic E-state index is 13.0. The molecule has 0 bridgehead atoms. The SMILES string of the molecule is CCCn1ncc(C(=O)N2CCCC(c3cc4cccnc4[nH]3)C2)c1C. The molecule has 0 spiro atoms. The van der Waals surface area contributed by atoms with E-state index in [0.717, 1.165) is 61.2 Å². The summed E-state index contributed by atoms with van der Waals surface area (Å²) in [5.41, 5.74) is 3.79. The molecule has 4 rings (SSSR count). The van der Waals surface area contributed by atoms with E-state index >= 15 is 0 Å². The lowest BCUT2D eigenvalue weighted by atomic mass is 9.94. The van der Waals surface area contributed by atoms with Crippen molar-refractivity contribution in [3.63, 3.8) is 0 Å². The highest BCUT2D eigenvalue weighted by Gasteiger charge is 2.28. The van der Waals surface area contributed by atoms with Crippen molar-refractivity contribution in [2.24, 2.45) is 0 Å². The van der Waals surface area contributed by atoms with E-state index in [1.54, 1.807) is 12.4 Å². The zero-order valence-corrected chi connectivity index (χ0v) is 15.4. The molecule has 1 atom stereocenters. The van der Waals surface area contributed by atoms with E-state index in [-0.39, 0.29) is 5.91 Å². The van der Waals surface area contributed by atoms with Gasteiger partial charge in [-0.3, -0.25) is 9.48 Å². The number of piperidine rings is 1. The predicted molar refractivity (Wildman–Crippen MR) is 101 cm³/mol. The molecule has 1 aliphatic rings. The second-order valence-electron chi connectivity index (χ2n) is 7.12. The van der Waals surface area contributed by atoms with Gasteiger partial charge in [0.15, 0.2) is 0 Å². The molecular formula is C20H25N5O. The quantitative estimate of drug-likeness (QED) is 0.782. The minimum atomic E-state index is 0.101. The summed E-state index contributed by atoms with van der Waals surface area (Å²) < 4.78 is 1.93. The number of aryl methyl sites for hydroxylation is 1. The lowest BCUT2D eigenvalue weighted by Crippen LogP contribution is -2.39. The highest BCUT2D eigenvalue weighted by molar-refractivity contribution is 5.95. The monoisotopic (exact) mass is 351 g/mol. The van der Waals surface area contributed by atoms with Crippen molar-refractivity contribution in [1.29, 1.82) is 0 Å². The number of nitrogens with zero attached hydrogens (tertiary/aromatic N) is 4. The van der Waals surface area contributed by atoms with Crippen LogP contribution in [0.3, 0.4) is 0 Å². The Kier molecular flexibility index (Phi) is 4.49. The molecule has 136 valence electrons. The minimum absolute atomic E-state index is 0.101. The number of carbonyl (C=O) groups excluding carboxylic acids is 1. The van der Waals surface area contributed by atoms with Crippen LogP contribution in [0, 0.1) is 6.92 Å². The summed E-state index contributed by atoms with van der Waals surface area (Å²) in [5.74, 6) is 0.427. The zero-order valence-electron chi connectivity index (χ0n) is 15.4. The summed E-state index contributed by atoms with van der Waals surface area (Å²) in [5, 5.41) is 5.51. The lowest BCUT2D eigenvalue weighted by Gasteiger charge is -2.32. The van der Waals surface area contributed by atoms with Gasteiger partial charge in [0.25, 0.3) is 5.91 Å². The second kappa shape index (κ2) is 6.94. The van der Waals surface area contributed by atoms with Crippen LogP contribution in [0.5, 0.6) is 0 Å². The first kappa shape index (κ1) is 16.8. The van der Waals surface area contributed by atoms with E-state index in [2.05, 4.69) is 34.1 Å². The van der Waals surface area contributed by atoms with Gasteiger partial charge in [-0.2, -0.15) is 5.10 Å². The molecule has 6 heteroatoms. The number of pyridine rings is 1. The largest absolute Gasteiger partial charge is 0.343 e. The van der Waals surface area contributed by atoms with Crippen LogP contribution in [0.2, 0.25) is 0 Å². The fourth-order valence-electron chi connectivity index (χ4n) is 3.88. The predicted octanol–water partition coefficient (Wildman–Crippen LogP) is 3.50. The smallest absolute Gasteiger partial charge is 0.257 e. The average Bonchev–Trinajstić information content (AvgIpc) is 3.26. The van der Waals surface area contributed by atoms with Crippen LogP contribution in [0.1, 0.15) is 53.8 Å². The van der Waals surface area contributed by atoms with Gasteiger partial charge in [0.05, 0.1) is 11.8 Å². The first-order chi connectivity index (χ1) is 12.7. The minimum Gasteiger partial charge on any atom is -0.343 e. The summed E-state index contributed by atoms with van der Waals surface area (Å²) in [6, 6.07) is 6.19. The van der Waals surface area contributed by atoms with Crippen LogP contribution in [-0.2, 0) is 6.54 Å². The molecule has 3 aromatic heterocycles. The molecule has 0 aliphatic carbocycles. The van der Waals surface area contributed by atoms with Gasteiger partial charge in [0.2, 0.25) is 0 Å². The number of amides is 1. The molecule has 26 heavy (non-hydrogen) atoms. The summed E-state index contributed by atoms with van der Waals surface area (Å²) in [6.45, 7) is 6.51. The summed E-state index contributed by atoms with van der Waals surface area (Å²) in [6.07, 6.45) is 6.64. The number of hydrogen-bond acceptors (Lipinski definition) is 3. The van der Waals surface area contributed by atoms with Crippen molar-refractivity contribution < 1.29 is 4.79 Å². The number of aromatic nitrogens is 4. The lowest BCUT2D eigenvalue weighted by molar-refractivity contribution is 0.0705. The van der Waals surface area contributed by atoms with Gasteiger partial charge >= 0.3 is 0 Å². The number of fused-ring (bicyclic) bond motifs is 1. The van der Waals surface area contributed by atoms with Crippen LogP contribution in [-0.4, -0.2) is 43.6 Å². The third kappa shape index (κ3) is 3.00. The third-order valence-electron chi connectivity index (χ3n) is 5.33.